The summed E-state index contributed by atoms with van der Waals surface area (Å²) in [6.07, 6.45) is 1.45. The van der Waals surface area contributed by atoms with Gasteiger partial charge in [0.05, 0.1) is 27.0 Å². The molecule has 1 heterocycles. The number of nitrogens with one attached hydrogen (secondary N) is 2. The fraction of sp³-hybridized carbons (Fsp3) is 0.211. The van der Waals surface area contributed by atoms with E-state index in [9.17, 15) is 9.59 Å². The Labute approximate surface area is 175 Å². The highest BCUT2D eigenvalue weighted by Crippen LogP contribution is 2.33. The number of nitrogens with zero attached hydrogens (tertiary/aromatic N) is 1. The van der Waals surface area contributed by atoms with Crippen LogP contribution in [0.1, 0.15) is 15.9 Å². The summed E-state index contributed by atoms with van der Waals surface area (Å²) in [4.78, 5) is 24.1. The van der Waals surface area contributed by atoms with Crippen LogP contribution in [0.3, 0.4) is 0 Å². The average Bonchev–Trinajstić information content (AvgIpc) is 3.20. The molecule has 0 saturated heterocycles. The minimum atomic E-state index is -0.480. The van der Waals surface area contributed by atoms with Crippen LogP contribution < -0.4 is 29.7 Å². The molecular formula is C19H18BrN3O6. The SMILES string of the molecule is COc1cc(Br)c(C=NNC(=O)CNC(=O)c2ccc3c(c2)OCO3)cc1OC. The third kappa shape index (κ3) is 4.96. The van der Waals surface area contributed by atoms with Gasteiger partial charge in [-0.3, -0.25) is 9.59 Å². The van der Waals surface area contributed by atoms with Gasteiger partial charge < -0.3 is 24.3 Å². The molecule has 2 N–H and O–H groups in total. The fourth-order valence-corrected chi connectivity index (χ4v) is 2.91. The van der Waals surface area contributed by atoms with Gasteiger partial charge in [0.1, 0.15) is 0 Å². The van der Waals surface area contributed by atoms with E-state index in [0.717, 1.165) is 0 Å². The lowest BCUT2D eigenvalue weighted by atomic mass is 10.2. The third-order valence-corrected chi connectivity index (χ3v) is 4.63. The zero-order chi connectivity index (χ0) is 20.8. The van der Waals surface area contributed by atoms with E-state index in [1.54, 1.807) is 30.3 Å². The number of benzene rings is 2. The first kappa shape index (κ1) is 20.5. The highest BCUT2D eigenvalue weighted by Gasteiger charge is 2.16. The molecular weight excluding hydrogens is 446 g/mol. The minimum Gasteiger partial charge on any atom is -0.493 e. The van der Waals surface area contributed by atoms with Crippen molar-refractivity contribution in [2.75, 3.05) is 27.6 Å². The predicted octanol–water partition coefficient (Wildman–Crippen LogP) is 2.08. The molecule has 9 nitrogen and oxygen atoms in total. The van der Waals surface area contributed by atoms with Crippen LogP contribution in [0.4, 0.5) is 0 Å². The first-order valence-electron chi connectivity index (χ1n) is 8.43. The van der Waals surface area contributed by atoms with Crippen molar-refractivity contribution in [1.82, 2.24) is 10.7 Å². The molecule has 2 amide bonds. The molecule has 3 rings (SSSR count). The molecule has 0 atom stereocenters. The van der Waals surface area contributed by atoms with E-state index in [1.807, 2.05) is 0 Å². The number of hydrazone groups is 1. The number of hydrogen-bond acceptors (Lipinski definition) is 7. The zero-order valence-electron chi connectivity index (χ0n) is 15.7. The maximum Gasteiger partial charge on any atom is 0.259 e. The number of carbonyl (C=O) groups is 2. The van der Waals surface area contributed by atoms with Crippen LogP contribution in [0.15, 0.2) is 39.9 Å². The van der Waals surface area contributed by atoms with E-state index in [4.69, 9.17) is 18.9 Å². The molecule has 0 aliphatic carbocycles. The number of carbonyl (C=O) groups excluding carboxylic acids is 2. The van der Waals surface area contributed by atoms with Crippen molar-refractivity contribution in [1.29, 1.82) is 0 Å². The van der Waals surface area contributed by atoms with Gasteiger partial charge in [-0.25, -0.2) is 5.43 Å². The summed E-state index contributed by atoms with van der Waals surface area (Å²) >= 11 is 3.40. The number of rotatable bonds is 7. The molecule has 10 heteroatoms. The normalized spacial score (nSPS) is 12.0. The van der Waals surface area contributed by atoms with Crippen molar-refractivity contribution < 1.29 is 28.5 Å². The lowest BCUT2D eigenvalue weighted by molar-refractivity contribution is -0.120. The number of hydrogen-bond donors (Lipinski definition) is 2. The lowest BCUT2D eigenvalue weighted by Gasteiger charge is -2.09. The van der Waals surface area contributed by atoms with E-state index in [1.165, 1.54) is 20.4 Å². The van der Waals surface area contributed by atoms with Crippen LogP contribution in [-0.2, 0) is 4.79 Å². The van der Waals surface area contributed by atoms with Crippen molar-refractivity contribution in [2.24, 2.45) is 5.10 Å². The van der Waals surface area contributed by atoms with Crippen molar-refractivity contribution in [3.05, 3.63) is 45.9 Å². The Balaban J connectivity index is 1.53. The van der Waals surface area contributed by atoms with Gasteiger partial charge in [0, 0.05) is 15.6 Å². The standard InChI is InChI=1S/C19H18BrN3O6/c1-26-15-6-12(13(20)7-16(15)27-2)8-22-23-18(24)9-21-19(25)11-3-4-14-17(5-11)29-10-28-14/h3-8H,9-10H2,1-2H3,(H,21,25)(H,23,24). The number of amides is 2. The van der Waals surface area contributed by atoms with Crippen LogP contribution in [-0.4, -0.2) is 45.6 Å². The van der Waals surface area contributed by atoms with E-state index in [0.29, 0.717) is 38.6 Å². The van der Waals surface area contributed by atoms with Gasteiger partial charge in [0.25, 0.3) is 11.8 Å². The van der Waals surface area contributed by atoms with Crippen LogP contribution >= 0.6 is 15.9 Å². The van der Waals surface area contributed by atoms with Gasteiger partial charge in [0.15, 0.2) is 23.0 Å². The van der Waals surface area contributed by atoms with Crippen LogP contribution in [0.25, 0.3) is 0 Å². The molecule has 29 heavy (non-hydrogen) atoms. The van der Waals surface area contributed by atoms with Crippen molar-refractivity contribution in [3.63, 3.8) is 0 Å². The maximum absolute atomic E-state index is 12.2. The van der Waals surface area contributed by atoms with E-state index in [2.05, 4.69) is 31.8 Å². The zero-order valence-corrected chi connectivity index (χ0v) is 17.2. The Kier molecular flexibility index (Phi) is 6.55. The molecule has 0 saturated carbocycles. The van der Waals surface area contributed by atoms with Gasteiger partial charge >= 0.3 is 0 Å². The van der Waals surface area contributed by atoms with Crippen molar-refractivity contribution >= 4 is 34.0 Å². The van der Waals surface area contributed by atoms with Crippen LogP contribution in [0, 0.1) is 0 Å². The number of ether oxygens (including phenoxy) is 4. The summed E-state index contributed by atoms with van der Waals surface area (Å²) in [7, 11) is 3.06. The largest absolute Gasteiger partial charge is 0.493 e. The van der Waals surface area contributed by atoms with E-state index >= 15 is 0 Å². The molecule has 0 unspecified atom stereocenters. The molecule has 0 fully saturated rings. The Hall–Kier alpha value is -3.27. The first-order valence-corrected chi connectivity index (χ1v) is 9.22. The smallest absolute Gasteiger partial charge is 0.259 e. The number of methoxy groups -OCH3 is 2. The molecule has 152 valence electrons. The number of fused-ring (bicyclic) bond motifs is 1. The number of halogens is 1. The second-order valence-electron chi connectivity index (χ2n) is 5.77. The maximum atomic E-state index is 12.2. The Bertz CT molecular complexity index is 963. The fourth-order valence-electron chi connectivity index (χ4n) is 2.48. The summed E-state index contributed by atoms with van der Waals surface area (Å²) in [6, 6.07) is 8.23. The molecule has 1 aliphatic heterocycles. The van der Waals surface area contributed by atoms with Gasteiger partial charge in [0.2, 0.25) is 6.79 Å². The highest BCUT2D eigenvalue weighted by atomic mass is 79.9. The minimum absolute atomic E-state index is 0.122. The quantitative estimate of drug-likeness (QED) is 0.480. The second-order valence-corrected chi connectivity index (χ2v) is 6.63. The molecule has 0 aromatic heterocycles. The second kappa shape index (κ2) is 9.28. The van der Waals surface area contributed by atoms with Gasteiger partial charge in [-0.05, 0) is 46.3 Å². The van der Waals surface area contributed by atoms with Crippen LogP contribution in [0.2, 0.25) is 0 Å². The summed E-state index contributed by atoms with van der Waals surface area (Å²) in [5, 5.41) is 6.41. The van der Waals surface area contributed by atoms with Gasteiger partial charge in [-0.2, -0.15) is 5.10 Å². The molecule has 0 bridgehead atoms. The Morgan fingerprint density at radius 2 is 1.86 bits per heavy atom. The molecule has 1 aliphatic rings. The van der Waals surface area contributed by atoms with E-state index in [-0.39, 0.29) is 13.3 Å². The lowest BCUT2D eigenvalue weighted by Crippen LogP contribution is -2.34. The predicted molar refractivity (Wildman–Crippen MR) is 108 cm³/mol. The summed E-state index contributed by atoms with van der Waals surface area (Å²) in [5.74, 6) is 1.27. The van der Waals surface area contributed by atoms with Gasteiger partial charge in [-0.1, -0.05) is 0 Å². The third-order valence-electron chi connectivity index (χ3n) is 3.94. The molecule has 0 radical (unpaired) electrons. The summed E-state index contributed by atoms with van der Waals surface area (Å²) < 4.78 is 21.6. The van der Waals surface area contributed by atoms with Crippen molar-refractivity contribution in [3.8, 4) is 23.0 Å². The monoisotopic (exact) mass is 463 g/mol. The van der Waals surface area contributed by atoms with Crippen molar-refractivity contribution in [2.45, 2.75) is 0 Å². The van der Waals surface area contributed by atoms with E-state index < -0.39 is 11.8 Å². The Morgan fingerprint density at radius 3 is 2.62 bits per heavy atom. The summed E-state index contributed by atoms with van der Waals surface area (Å²) in [6.45, 7) is -0.116. The van der Waals surface area contributed by atoms with Crippen LogP contribution in [0.5, 0.6) is 23.0 Å². The highest BCUT2D eigenvalue weighted by molar-refractivity contribution is 9.10. The molecule has 0 spiro atoms. The first-order chi connectivity index (χ1) is 14.0. The molecule has 2 aromatic carbocycles. The van der Waals surface area contributed by atoms with Gasteiger partial charge in [-0.15, -0.1) is 0 Å². The summed E-state index contributed by atoms with van der Waals surface area (Å²) in [5.41, 5.74) is 3.39. The molecule has 2 aromatic rings. The Morgan fingerprint density at radius 1 is 1.14 bits per heavy atom. The topological polar surface area (TPSA) is 107 Å². The average molecular weight is 464 g/mol.